The number of hydrogen-bond donors (Lipinski definition) is 3. The van der Waals surface area contributed by atoms with Crippen molar-refractivity contribution in [2.75, 3.05) is 20.5 Å². The molecule has 0 aliphatic carbocycles. The maximum absolute atomic E-state index is 13.1. The van der Waals surface area contributed by atoms with Gasteiger partial charge in [0.05, 0.1) is 12.6 Å². The number of nitrogens with one attached hydrogen (secondary N) is 2. The second kappa shape index (κ2) is 12.8. The highest BCUT2D eigenvalue weighted by molar-refractivity contribution is 5.95. The molecule has 4 rings (SSSR count). The fraction of sp³-hybridized carbons (Fsp3) is 0.241. The van der Waals surface area contributed by atoms with Crippen molar-refractivity contribution in [2.24, 2.45) is 5.92 Å². The van der Waals surface area contributed by atoms with E-state index < -0.39 is 17.9 Å². The van der Waals surface area contributed by atoms with Crippen molar-refractivity contribution in [3.8, 4) is 11.3 Å². The fourth-order valence-corrected chi connectivity index (χ4v) is 4.24. The summed E-state index contributed by atoms with van der Waals surface area (Å²) in [6.45, 7) is 0.189. The Kier molecular flexibility index (Phi) is 9.04. The summed E-state index contributed by atoms with van der Waals surface area (Å²) in [5, 5.41) is 13.3. The minimum atomic E-state index is -0.584. The third-order valence-electron chi connectivity index (χ3n) is 6.09. The molecule has 2 amide bonds. The largest absolute Gasteiger partial charge is 0.456 e. The molecule has 0 fully saturated rings. The summed E-state index contributed by atoms with van der Waals surface area (Å²) in [7, 11) is 1.51. The van der Waals surface area contributed by atoms with Gasteiger partial charge in [0.1, 0.15) is 18.1 Å². The van der Waals surface area contributed by atoms with Crippen molar-refractivity contribution < 1.29 is 28.7 Å². The number of ether oxygens (including phenoxy) is 2. The van der Waals surface area contributed by atoms with E-state index in [0.717, 1.165) is 27.9 Å². The van der Waals surface area contributed by atoms with E-state index in [1.807, 2.05) is 72.8 Å². The monoisotopic (exact) mass is 502 g/mol. The molecule has 3 N–H and O–H groups in total. The molecule has 1 aromatic heterocycles. The molecule has 1 unspecified atom stereocenters. The van der Waals surface area contributed by atoms with Crippen LogP contribution in [0.5, 0.6) is 0 Å². The van der Waals surface area contributed by atoms with Gasteiger partial charge < -0.3 is 19.2 Å². The standard InChI is InChI=1S/C29H30N2O6/c1-35-19-36-18-25(16-24(29(33)31-34)15-20-7-3-2-4-8-20)30-28(32)22-13-11-21(12-14-22)27-17-23-9-5-6-10-26(23)37-27/h2-14,17,24-25,34H,15-16,18-19H2,1H3,(H,30,32)(H,31,33)/t24?,25-/m0/s1. The number of methoxy groups -OCH3 is 1. The van der Waals surface area contributed by atoms with Gasteiger partial charge in [0.25, 0.3) is 5.91 Å². The Hall–Kier alpha value is -3.98. The van der Waals surface area contributed by atoms with Crippen LogP contribution in [-0.4, -0.2) is 43.6 Å². The first kappa shape index (κ1) is 26.1. The number of benzene rings is 3. The van der Waals surface area contributed by atoms with Crippen LogP contribution in [0.3, 0.4) is 0 Å². The van der Waals surface area contributed by atoms with Crippen molar-refractivity contribution in [3.63, 3.8) is 0 Å². The molecule has 0 spiro atoms. The van der Waals surface area contributed by atoms with Gasteiger partial charge in [-0.25, -0.2) is 5.48 Å². The number of rotatable bonds is 12. The topological polar surface area (TPSA) is 110 Å². The Bertz CT molecular complexity index is 1270. The first-order chi connectivity index (χ1) is 18.1. The second-order valence-corrected chi connectivity index (χ2v) is 8.77. The summed E-state index contributed by atoms with van der Waals surface area (Å²) in [4.78, 5) is 25.5. The quantitative estimate of drug-likeness (QED) is 0.113. The predicted octanol–water partition coefficient (Wildman–Crippen LogP) is 4.57. The Morgan fingerprint density at radius 2 is 1.70 bits per heavy atom. The van der Waals surface area contributed by atoms with Gasteiger partial charge in [-0.05, 0) is 42.7 Å². The van der Waals surface area contributed by atoms with Crippen LogP contribution in [0.15, 0.2) is 89.3 Å². The molecule has 37 heavy (non-hydrogen) atoms. The fourth-order valence-electron chi connectivity index (χ4n) is 4.24. The Labute approximate surface area is 215 Å². The summed E-state index contributed by atoms with van der Waals surface area (Å²) in [5.41, 5.74) is 4.81. The Morgan fingerprint density at radius 1 is 0.973 bits per heavy atom. The molecule has 0 saturated carbocycles. The number of hydrogen-bond acceptors (Lipinski definition) is 6. The highest BCUT2D eigenvalue weighted by Gasteiger charge is 2.25. The number of furan rings is 1. The molecule has 3 aromatic carbocycles. The molecule has 1 heterocycles. The van der Waals surface area contributed by atoms with Crippen molar-refractivity contribution in [1.29, 1.82) is 0 Å². The predicted molar refractivity (Wildman–Crippen MR) is 139 cm³/mol. The molecule has 2 atom stereocenters. The molecule has 4 aromatic rings. The number of carbonyl (C=O) groups is 2. The van der Waals surface area contributed by atoms with Crippen LogP contribution in [0.1, 0.15) is 22.3 Å². The zero-order valence-electron chi connectivity index (χ0n) is 20.6. The molecule has 8 heteroatoms. The molecular weight excluding hydrogens is 472 g/mol. The molecule has 0 bridgehead atoms. The lowest BCUT2D eigenvalue weighted by atomic mass is 9.92. The first-order valence-electron chi connectivity index (χ1n) is 12.0. The average Bonchev–Trinajstić information content (AvgIpc) is 3.37. The van der Waals surface area contributed by atoms with Gasteiger partial charge in [0.15, 0.2) is 0 Å². The maximum atomic E-state index is 13.1. The summed E-state index contributed by atoms with van der Waals surface area (Å²) in [6.07, 6.45) is 0.657. The van der Waals surface area contributed by atoms with Crippen LogP contribution >= 0.6 is 0 Å². The molecular formula is C29H30N2O6. The van der Waals surface area contributed by atoms with E-state index in [4.69, 9.17) is 13.9 Å². The van der Waals surface area contributed by atoms with E-state index in [1.165, 1.54) is 7.11 Å². The molecule has 0 saturated heterocycles. The van der Waals surface area contributed by atoms with E-state index in [2.05, 4.69) is 5.32 Å². The summed E-state index contributed by atoms with van der Waals surface area (Å²) in [6, 6.07) is 25.9. The lowest BCUT2D eigenvalue weighted by Gasteiger charge is -2.23. The van der Waals surface area contributed by atoms with E-state index in [1.54, 1.807) is 17.6 Å². The minimum Gasteiger partial charge on any atom is -0.456 e. The number of amides is 2. The highest BCUT2D eigenvalue weighted by atomic mass is 16.7. The van der Waals surface area contributed by atoms with Crippen LogP contribution in [0.2, 0.25) is 0 Å². The molecule has 0 aliphatic rings. The lowest BCUT2D eigenvalue weighted by molar-refractivity contribution is -0.134. The van der Waals surface area contributed by atoms with Crippen molar-refractivity contribution >= 4 is 22.8 Å². The van der Waals surface area contributed by atoms with Gasteiger partial charge in [0.2, 0.25) is 5.91 Å². The third-order valence-corrected chi connectivity index (χ3v) is 6.09. The number of hydroxylamine groups is 1. The van der Waals surface area contributed by atoms with Crippen LogP contribution in [0.4, 0.5) is 0 Å². The van der Waals surface area contributed by atoms with Crippen LogP contribution in [0, 0.1) is 5.92 Å². The van der Waals surface area contributed by atoms with Gasteiger partial charge in [-0.3, -0.25) is 14.8 Å². The Balaban J connectivity index is 1.46. The van der Waals surface area contributed by atoms with Gasteiger partial charge in [0, 0.05) is 29.5 Å². The SMILES string of the molecule is COCOC[C@H](CC(Cc1ccccc1)C(=O)NO)NC(=O)c1ccc(-c2cc3ccccc3o2)cc1. The second-order valence-electron chi connectivity index (χ2n) is 8.77. The highest BCUT2D eigenvalue weighted by Crippen LogP contribution is 2.28. The Morgan fingerprint density at radius 3 is 2.41 bits per heavy atom. The van der Waals surface area contributed by atoms with E-state index in [9.17, 15) is 14.8 Å². The molecule has 8 nitrogen and oxygen atoms in total. The average molecular weight is 503 g/mol. The van der Waals surface area contributed by atoms with Crippen LogP contribution in [0.25, 0.3) is 22.3 Å². The smallest absolute Gasteiger partial charge is 0.251 e. The van der Waals surface area contributed by atoms with E-state index >= 15 is 0 Å². The van der Waals surface area contributed by atoms with Crippen molar-refractivity contribution in [1.82, 2.24) is 10.8 Å². The number of para-hydroxylation sites is 1. The van der Waals surface area contributed by atoms with Crippen molar-refractivity contribution in [2.45, 2.75) is 18.9 Å². The van der Waals surface area contributed by atoms with Crippen molar-refractivity contribution in [3.05, 3.63) is 96.1 Å². The summed E-state index contributed by atoms with van der Waals surface area (Å²) in [5.74, 6) is -0.688. The molecule has 192 valence electrons. The van der Waals surface area contributed by atoms with Crippen LogP contribution in [-0.2, 0) is 20.7 Å². The van der Waals surface area contributed by atoms with Gasteiger partial charge in [-0.15, -0.1) is 0 Å². The lowest BCUT2D eigenvalue weighted by Crippen LogP contribution is -2.42. The van der Waals surface area contributed by atoms with Gasteiger partial charge in [-0.1, -0.05) is 60.7 Å². The zero-order valence-corrected chi connectivity index (χ0v) is 20.6. The normalized spacial score (nSPS) is 12.7. The number of fused-ring (bicyclic) bond motifs is 1. The first-order valence-corrected chi connectivity index (χ1v) is 12.0. The number of carbonyl (C=O) groups excluding carboxylic acids is 2. The molecule has 0 radical (unpaired) electrons. The third kappa shape index (κ3) is 7.04. The van der Waals surface area contributed by atoms with E-state index in [0.29, 0.717) is 12.0 Å². The summed E-state index contributed by atoms with van der Waals surface area (Å²) < 4.78 is 16.4. The zero-order chi connectivity index (χ0) is 26.0. The maximum Gasteiger partial charge on any atom is 0.251 e. The minimum absolute atomic E-state index is 0.0497. The van der Waals surface area contributed by atoms with Crippen LogP contribution < -0.4 is 10.8 Å². The van der Waals surface area contributed by atoms with Gasteiger partial charge >= 0.3 is 0 Å². The summed E-state index contributed by atoms with van der Waals surface area (Å²) >= 11 is 0. The molecule has 0 aliphatic heterocycles. The van der Waals surface area contributed by atoms with E-state index in [-0.39, 0.29) is 25.7 Å². The van der Waals surface area contributed by atoms with Gasteiger partial charge in [-0.2, -0.15) is 0 Å².